The molecule has 0 saturated carbocycles. The van der Waals surface area contributed by atoms with Gasteiger partial charge in [-0.15, -0.1) is 0 Å². The van der Waals surface area contributed by atoms with Crippen LogP contribution in [-0.2, 0) is 19.6 Å². The molecule has 1 atom stereocenters. The second kappa shape index (κ2) is 6.57. The number of hydrogen-bond acceptors (Lipinski definition) is 4. The topological polar surface area (TPSA) is 83.9 Å². The van der Waals surface area contributed by atoms with Crippen molar-refractivity contribution in [3.05, 3.63) is 40.3 Å². The summed E-state index contributed by atoms with van der Waals surface area (Å²) in [5.41, 5.74) is 0.686. The zero-order valence-electron chi connectivity index (χ0n) is 11.0. The number of carboxylic acid groups (broad SMARTS) is 1. The molecule has 0 aromatic heterocycles. The molecule has 21 heavy (non-hydrogen) atoms. The number of sulfonamides is 1. The predicted molar refractivity (Wildman–Crippen MR) is 78.4 cm³/mol. The lowest BCUT2D eigenvalue weighted by Gasteiger charge is -2.28. The highest BCUT2D eigenvalue weighted by Crippen LogP contribution is 2.15. The molecule has 114 valence electrons. The number of nitrogens with zero attached hydrogens (tertiary/aromatic N) is 1. The molecule has 1 unspecified atom stereocenters. The molecular weight excluding hydrogens is 318 g/mol. The Labute approximate surface area is 127 Å². The highest BCUT2D eigenvalue weighted by atomic mass is 35.5. The minimum absolute atomic E-state index is 0.0605. The van der Waals surface area contributed by atoms with E-state index in [1.54, 1.807) is 24.3 Å². The molecule has 0 spiro atoms. The zero-order chi connectivity index (χ0) is 15.5. The van der Waals surface area contributed by atoms with Crippen molar-refractivity contribution in [2.75, 3.05) is 19.7 Å². The van der Waals surface area contributed by atoms with Gasteiger partial charge in [0.25, 0.3) is 0 Å². The molecule has 1 aliphatic rings. The normalized spacial score (nSPS) is 20.7. The second-order valence-electron chi connectivity index (χ2n) is 4.45. The van der Waals surface area contributed by atoms with Crippen LogP contribution in [0.2, 0.25) is 5.02 Å². The minimum atomic E-state index is -3.68. The van der Waals surface area contributed by atoms with Gasteiger partial charge in [0.05, 0.1) is 13.2 Å². The van der Waals surface area contributed by atoms with Crippen molar-refractivity contribution >= 4 is 33.7 Å². The van der Waals surface area contributed by atoms with Crippen molar-refractivity contribution in [1.82, 2.24) is 4.31 Å². The van der Waals surface area contributed by atoms with Crippen molar-refractivity contribution < 1.29 is 23.1 Å². The van der Waals surface area contributed by atoms with E-state index < -0.39 is 22.1 Å². The van der Waals surface area contributed by atoms with Crippen LogP contribution in [0, 0.1) is 0 Å². The van der Waals surface area contributed by atoms with Gasteiger partial charge in [-0.3, -0.25) is 0 Å². The van der Waals surface area contributed by atoms with Crippen LogP contribution in [0.15, 0.2) is 29.7 Å². The molecule has 0 aliphatic carbocycles. The molecule has 0 bridgehead atoms. The molecule has 8 heteroatoms. The summed E-state index contributed by atoms with van der Waals surface area (Å²) in [6.07, 6.45) is 0.314. The van der Waals surface area contributed by atoms with E-state index in [0.717, 1.165) is 9.71 Å². The first-order valence-corrected chi connectivity index (χ1v) is 8.05. The van der Waals surface area contributed by atoms with Gasteiger partial charge in [-0.2, -0.15) is 4.31 Å². The molecule has 1 aromatic carbocycles. The molecule has 1 heterocycles. The standard InChI is InChI=1S/C13H14ClNO5S/c14-11-3-1-10(2-4-11)5-8-21(18,19)15-6-7-20-12(9-15)13(16)17/h1-5,8,12H,6-7,9H2,(H,16,17). The maximum Gasteiger partial charge on any atom is 0.334 e. The summed E-state index contributed by atoms with van der Waals surface area (Å²) in [6, 6.07) is 6.69. The van der Waals surface area contributed by atoms with E-state index in [0.29, 0.717) is 10.6 Å². The molecule has 1 fully saturated rings. The van der Waals surface area contributed by atoms with Gasteiger partial charge in [-0.25, -0.2) is 13.2 Å². The highest BCUT2D eigenvalue weighted by Gasteiger charge is 2.31. The SMILES string of the molecule is O=C(O)C1CN(S(=O)(=O)C=Cc2ccc(Cl)cc2)CCO1. The Morgan fingerprint density at radius 1 is 1.38 bits per heavy atom. The maximum absolute atomic E-state index is 12.2. The molecular formula is C13H14ClNO5S. The molecule has 1 saturated heterocycles. The number of morpholine rings is 1. The van der Waals surface area contributed by atoms with Crippen molar-refractivity contribution in [2.45, 2.75) is 6.10 Å². The number of rotatable bonds is 4. The number of carbonyl (C=O) groups is 1. The highest BCUT2D eigenvalue weighted by molar-refractivity contribution is 7.92. The van der Waals surface area contributed by atoms with Crippen molar-refractivity contribution in [2.24, 2.45) is 0 Å². The summed E-state index contributed by atoms with van der Waals surface area (Å²) in [5, 5.41) is 10.5. The van der Waals surface area contributed by atoms with E-state index in [1.807, 2.05) is 0 Å². The first-order valence-electron chi connectivity index (χ1n) is 6.17. The number of aliphatic carboxylic acids is 1. The molecule has 0 radical (unpaired) electrons. The molecule has 1 aromatic rings. The number of halogens is 1. The van der Waals surface area contributed by atoms with Gasteiger partial charge in [0, 0.05) is 17.0 Å². The lowest BCUT2D eigenvalue weighted by molar-refractivity contribution is -0.153. The van der Waals surface area contributed by atoms with Crippen molar-refractivity contribution in [1.29, 1.82) is 0 Å². The Morgan fingerprint density at radius 3 is 2.67 bits per heavy atom. The van der Waals surface area contributed by atoms with Crippen LogP contribution in [0.3, 0.4) is 0 Å². The summed E-state index contributed by atoms with van der Waals surface area (Å²) in [4.78, 5) is 10.9. The molecule has 2 rings (SSSR count). The Hall–Kier alpha value is -1.41. The summed E-state index contributed by atoms with van der Waals surface area (Å²) in [7, 11) is -3.68. The summed E-state index contributed by atoms with van der Waals surface area (Å²) < 4.78 is 30.4. The van der Waals surface area contributed by atoms with E-state index >= 15 is 0 Å². The average Bonchev–Trinajstić information content (AvgIpc) is 2.47. The van der Waals surface area contributed by atoms with Gasteiger partial charge in [0.15, 0.2) is 6.10 Å². The average molecular weight is 332 g/mol. The van der Waals surface area contributed by atoms with E-state index in [1.165, 1.54) is 6.08 Å². The molecule has 1 N–H and O–H groups in total. The van der Waals surface area contributed by atoms with Gasteiger partial charge in [-0.1, -0.05) is 23.7 Å². The van der Waals surface area contributed by atoms with E-state index in [9.17, 15) is 13.2 Å². The van der Waals surface area contributed by atoms with Gasteiger partial charge < -0.3 is 9.84 Å². The third-order valence-electron chi connectivity index (χ3n) is 2.97. The van der Waals surface area contributed by atoms with E-state index in [4.69, 9.17) is 21.4 Å². The quantitative estimate of drug-likeness (QED) is 0.902. The van der Waals surface area contributed by atoms with Crippen LogP contribution in [0.1, 0.15) is 5.56 Å². The monoisotopic (exact) mass is 331 g/mol. The number of carboxylic acids is 1. The van der Waals surface area contributed by atoms with Crippen LogP contribution in [-0.4, -0.2) is 49.6 Å². The lowest BCUT2D eigenvalue weighted by Crippen LogP contribution is -2.47. The largest absolute Gasteiger partial charge is 0.479 e. The van der Waals surface area contributed by atoms with Crippen LogP contribution >= 0.6 is 11.6 Å². The van der Waals surface area contributed by atoms with Gasteiger partial charge in [-0.05, 0) is 23.8 Å². The minimum Gasteiger partial charge on any atom is -0.479 e. The number of benzene rings is 1. The zero-order valence-corrected chi connectivity index (χ0v) is 12.5. The first-order chi connectivity index (χ1) is 9.88. The fourth-order valence-corrected chi connectivity index (χ4v) is 3.13. The third kappa shape index (κ3) is 4.28. The van der Waals surface area contributed by atoms with E-state index in [2.05, 4.69) is 0 Å². The number of hydrogen-bond donors (Lipinski definition) is 1. The Morgan fingerprint density at radius 2 is 2.05 bits per heavy atom. The lowest BCUT2D eigenvalue weighted by atomic mass is 10.2. The van der Waals surface area contributed by atoms with Crippen molar-refractivity contribution in [3.8, 4) is 0 Å². The summed E-state index contributed by atoms with van der Waals surface area (Å²) in [5.74, 6) is -1.17. The Bertz CT molecular complexity index is 641. The maximum atomic E-state index is 12.2. The first kappa shape index (κ1) is 16.0. The van der Waals surface area contributed by atoms with E-state index in [-0.39, 0.29) is 19.7 Å². The van der Waals surface area contributed by atoms with Gasteiger partial charge in [0.1, 0.15) is 0 Å². The van der Waals surface area contributed by atoms with Gasteiger partial charge in [0.2, 0.25) is 10.0 Å². The van der Waals surface area contributed by atoms with Crippen LogP contribution in [0.25, 0.3) is 6.08 Å². The molecule has 6 nitrogen and oxygen atoms in total. The third-order valence-corrected chi connectivity index (χ3v) is 4.75. The molecule has 1 aliphatic heterocycles. The van der Waals surface area contributed by atoms with Crippen LogP contribution in [0.5, 0.6) is 0 Å². The summed E-state index contributed by atoms with van der Waals surface area (Å²) >= 11 is 5.75. The predicted octanol–water partition coefficient (Wildman–Crippen LogP) is 1.43. The van der Waals surface area contributed by atoms with Gasteiger partial charge >= 0.3 is 5.97 Å². The fourth-order valence-electron chi connectivity index (χ4n) is 1.83. The number of ether oxygens (including phenoxy) is 1. The van der Waals surface area contributed by atoms with Crippen LogP contribution in [0.4, 0.5) is 0 Å². The molecule has 0 amide bonds. The summed E-state index contributed by atoms with van der Waals surface area (Å²) in [6.45, 7) is 0.00464. The smallest absolute Gasteiger partial charge is 0.334 e. The van der Waals surface area contributed by atoms with Crippen LogP contribution < -0.4 is 0 Å². The van der Waals surface area contributed by atoms with Crippen molar-refractivity contribution in [3.63, 3.8) is 0 Å². The fraction of sp³-hybridized carbons (Fsp3) is 0.308. The Balaban J connectivity index is 2.10. The Kier molecular flexibility index (Phi) is 5.00. The second-order valence-corrected chi connectivity index (χ2v) is 6.71.